The zero-order valence-corrected chi connectivity index (χ0v) is 7.72. The van der Waals surface area contributed by atoms with E-state index in [1.807, 2.05) is 6.08 Å². The maximum absolute atomic E-state index is 10.4. The summed E-state index contributed by atoms with van der Waals surface area (Å²) in [7, 11) is 0. The molecule has 0 aliphatic heterocycles. The zero-order chi connectivity index (χ0) is 8.81. The molecule has 1 atom stereocenters. The van der Waals surface area contributed by atoms with Crippen molar-refractivity contribution in [2.45, 2.75) is 38.2 Å². The van der Waals surface area contributed by atoms with Crippen molar-refractivity contribution < 1.29 is 9.53 Å². The van der Waals surface area contributed by atoms with Gasteiger partial charge in [0, 0.05) is 11.6 Å². The molecule has 0 saturated carbocycles. The van der Waals surface area contributed by atoms with E-state index in [1.54, 1.807) is 0 Å². The summed E-state index contributed by atoms with van der Waals surface area (Å²) in [6.45, 7) is 0. The Morgan fingerprint density at radius 1 is 1.42 bits per heavy atom. The molecule has 0 aromatic heterocycles. The van der Waals surface area contributed by atoms with Crippen LogP contribution in [0.5, 0.6) is 0 Å². The van der Waals surface area contributed by atoms with Gasteiger partial charge in [0.25, 0.3) is 0 Å². The van der Waals surface area contributed by atoms with Crippen LogP contribution in [0.3, 0.4) is 0 Å². The van der Waals surface area contributed by atoms with Crippen molar-refractivity contribution in [2.75, 3.05) is 0 Å². The SMILES string of the molecule is O=C(Cl)OC1/C=C/CCCCC1. The van der Waals surface area contributed by atoms with E-state index in [4.69, 9.17) is 16.3 Å². The minimum absolute atomic E-state index is 0.102. The van der Waals surface area contributed by atoms with Crippen molar-refractivity contribution in [1.29, 1.82) is 0 Å². The predicted octanol–water partition coefficient (Wildman–Crippen LogP) is 3.25. The minimum atomic E-state index is -0.703. The monoisotopic (exact) mass is 188 g/mol. The molecule has 0 saturated heterocycles. The fraction of sp³-hybridized carbons (Fsp3) is 0.667. The maximum atomic E-state index is 10.4. The van der Waals surface area contributed by atoms with Crippen LogP contribution in [0.25, 0.3) is 0 Å². The van der Waals surface area contributed by atoms with Crippen LogP contribution in [0, 0.1) is 0 Å². The summed E-state index contributed by atoms with van der Waals surface area (Å²) in [5.41, 5.74) is -0.703. The Balaban J connectivity index is 2.38. The van der Waals surface area contributed by atoms with Crippen molar-refractivity contribution >= 4 is 17.0 Å². The van der Waals surface area contributed by atoms with Gasteiger partial charge in [-0.3, -0.25) is 0 Å². The minimum Gasteiger partial charge on any atom is -0.446 e. The lowest BCUT2D eigenvalue weighted by molar-refractivity contribution is 0.138. The fourth-order valence-electron chi connectivity index (χ4n) is 1.35. The Kier molecular flexibility index (Phi) is 4.15. The molecule has 0 heterocycles. The van der Waals surface area contributed by atoms with E-state index >= 15 is 0 Å². The molecule has 0 radical (unpaired) electrons. The van der Waals surface area contributed by atoms with E-state index < -0.39 is 5.43 Å². The average molecular weight is 189 g/mol. The van der Waals surface area contributed by atoms with Gasteiger partial charge in [-0.1, -0.05) is 12.5 Å². The highest BCUT2D eigenvalue weighted by Crippen LogP contribution is 2.14. The Bertz CT molecular complexity index is 177. The zero-order valence-electron chi connectivity index (χ0n) is 6.96. The third kappa shape index (κ3) is 3.77. The summed E-state index contributed by atoms with van der Waals surface area (Å²) < 4.78 is 4.87. The molecule has 3 heteroatoms. The number of allylic oxidation sites excluding steroid dienone is 1. The number of hydrogen-bond donors (Lipinski definition) is 0. The molecule has 0 amide bonds. The van der Waals surface area contributed by atoms with Crippen molar-refractivity contribution in [2.24, 2.45) is 0 Å². The highest BCUT2D eigenvalue weighted by atomic mass is 35.5. The molecular weight excluding hydrogens is 176 g/mol. The fourth-order valence-corrected chi connectivity index (χ4v) is 1.46. The lowest BCUT2D eigenvalue weighted by Crippen LogP contribution is -2.12. The first-order chi connectivity index (χ1) is 5.79. The highest BCUT2D eigenvalue weighted by Gasteiger charge is 2.09. The lowest BCUT2D eigenvalue weighted by atomic mass is 10.0. The van der Waals surface area contributed by atoms with Crippen LogP contribution in [0.15, 0.2) is 12.2 Å². The first kappa shape index (κ1) is 9.59. The van der Waals surface area contributed by atoms with E-state index in [0.29, 0.717) is 0 Å². The molecular formula is C9H13ClO2. The van der Waals surface area contributed by atoms with Crippen LogP contribution in [-0.4, -0.2) is 11.5 Å². The molecule has 0 N–H and O–H groups in total. The number of carbonyl (C=O) groups is 1. The summed E-state index contributed by atoms with van der Waals surface area (Å²) >= 11 is 5.11. The van der Waals surface area contributed by atoms with Crippen molar-refractivity contribution in [3.63, 3.8) is 0 Å². The van der Waals surface area contributed by atoms with Crippen molar-refractivity contribution in [1.82, 2.24) is 0 Å². The third-order valence-corrected chi connectivity index (χ3v) is 2.04. The first-order valence-electron chi connectivity index (χ1n) is 4.32. The van der Waals surface area contributed by atoms with Gasteiger partial charge in [0.1, 0.15) is 6.10 Å². The molecule has 0 aromatic carbocycles. The number of hydrogen-bond acceptors (Lipinski definition) is 2. The van der Waals surface area contributed by atoms with Crippen molar-refractivity contribution in [3.8, 4) is 0 Å². The predicted molar refractivity (Wildman–Crippen MR) is 48.3 cm³/mol. The number of halogens is 1. The Morgan fingerprint density at radius 2 is 2.25 bits per heavy atom. The van der Waals surface area contributed by atoms with Crippen LogP contribution in [0.2, 0.25) is 0 Å². The summed E-state index contributed by atoms with van der Waals surface area (Å²) in [5.74, 6) is 0. The highest BCUT2D eigenvalue weighted by molar-refractivity contribution is 6.61. The largest absolute Gasteiger partial charge is 0.446 e. The average Bonchev–Trinajstić information content (AvgIpc) is 1.93. The topological polar surface area (TPSA) is 26.3 Å². The Hall–Kier alpha value is -0.500. The molecule has 0 fully saturated rings. The summed E-state index contributed by atoms with van der Waals surface area (Å²) in [6, 6.07) is 0. The second-order valence-electron chi connectivity index (χ2n) is 2.96. The van der Waals surface area contributed by atoms with Gasteiger partial charge in [-0.25, -0.2) is 4.79 Å². The van der Waals surface area contributed by atoms with E-state index in [9.17, 15) is 4.79 Å². The van der Waals surface area contributed by atoms with E-state index in [-0.39, 0.29) is 6.10 Å². The van der Waals surface area contributed by atoms with Gasteiger partial charge in [0.15, 0.2) is 0 Å². The van der Waals surface area contributed by atoms with Gasteiger partial charge < -0.3 is 4.74 Å². The molecule has 1 rings (SSSR count). The van der Waals surface area contributed by atoms with Crippen LogP contribution in [-0.2, 0) is 4.74 Å². The van der Waals surface area contributed by atoms with Gasteiger partial charge in [-0.2, -0.15) is 0 Å². The second kappa shape index (κ2) is 5.20. The molecule has 0 aromatic rings. The number of rotatable bonds is 1. The molecule has 0 bridgehead atoms. The normalized spacial score (nSPS) is 26.9. The van der Waals surface area contributed by atoms with Gasteiger partial charge in [-0.05, 0) is 31.8 Å². The summed E-state index contributed by atoms with van der Waals surface area (Å²) in [4.78, 5) is 10.4. The van der Waals surface area contributed by atoms with Crippen LogP contribution in [0.4, 0.5) is 4.79 Å². The molecule has 1 aliphatic carbocycles. The molecule has 2 nitrogen and oxygen atoms in total. The lowest BCUT2D eigenvalue weighted by Gasteiger charge is -2.13. The molecule has 1 unspecified atom stereocenters. The molecule has 1 aliphatic rings. The van der Waals surface area contributed by atoms with E-state index in [1.165, 1.54) is 12.8 Å². The number of ether oxygens (including phenoxy) is 1. The Morgan fingerprint density at radius 3 is 3.00 bits per heavy atom. The standard InChI is InChI=1S/C9H13ClO2/c10-9(11)12-8-6-4-2-1-3-5-7-8/h4,6,8H,1-3,5,7H2/b6-4+. The first-order valence-corrected chi connectivity index (χ1v) is 4.69. The molecule has 12 heavy (non-hydrogen) atoms. The van der Waals surface area contributed by atoms with Crippen LogP contribution < -0.4 is 0 Å². The summed E-state index contributed by atoms with van der Waals surface area (Å²) in [5, 5.41) is 0. The van der Waals surface area contributed by atoms with Gasteiger partial charge in [0.2, 0.25) is 0 Å². The van der Waals surface area contributed by atoms with E-state index in [0.717, 1.165) is 19.3 Å². The smallest absolute Gasteiger partial charge is 0.404 e. The van der Waals surface area contributed by atoms with Crippen molar-refractivity contribution in [3.05, 3.63) is 12.2 Å². The molecule has 68 valence electrons. The van der Waals surface area contributed by atoms with Gasteiger partial charge in [-0.15, -0.1) is 0 Å². The van der Waals surface area contributed by atoms with Crippen LogP contribution >= 0.6 is 11.6 Å². The van der Waals surface area contributed by atoms with Gasteiger partial charge in [0.05, 0.1) is 0 Å². The molecule has 0 spiro atoms. The third-order valence-electron chi connectivity index (χ3n) is 1.95. The quantitative estimate of drug-likeness (QED) is 0.467. The second-order valence-corrected chi connectivity index (χ2v) is 3.27. The van der Waals surface area contributed by atoms with E-state index in [2.05, 4.69) is 6.08 Å². The number of carbonyl (C=O) groups excluding carboxylic acids is 1. The maximum Gasteiger partial charge on any atom is 0.404 e. The Labute approximate surface area is 77.5 Å². The van der Waals surface area contributed by atoms with Gasteiger partial charge >= 0.3 is 5.43 Å². The van der Waals surface area contributed by atoms with Crippen LogP contribution in [0.1, 0.15) is 32.1 Å². The summed E-state index contributed by atoms with van der Waals surface area (Å²) in [6.07, 6.45) is 9.42.